The normalized spacial score (nSPS) is 11.6. The third-order valence-electron chi connectivity index (χ3n) is 7.45. The van der Waals surface area contributed by atoms with Gasteiger partial charge in [-0.15, -0.1) is 0 Å². The summed E-state index contributed by atoms with van der Waals surface area (Å²) in [6, 6.07) is 8.32. The van der Waals surface area contributed by atoms with Crippen LogP contribution in [0.25, 0.3) is 27.7 Å². The smallest absolute Gasteiger partial charge is 0.302 e. The van der Waals surface area contributed by atoms with Crippen LogP contribution in [-0.4, -0.2) is 35.1 Å². The van der Waals surface area contributed by atoms with Gasteiger partial charge in [-0.1, -0.05) is 27.7 Å². The minimum atomic E-state index is -0.709. The molecule has 0 atom stereocenters. The summed E-state index contributed by atoms with van der Waals surface area (Å²) in [6.07, 6.45) is 5.30. The van der Waals surface area contributed by atoms with E-state index in [1.807, 2.05) is 40.8 Å². The third kappa shape index (κ3) is 5.75. The Morgan fingerprint density at radius 3 is 2.50 bits per heavy atom. The maximum Gasteiger partial charge on any atom is 0.302 e. The van der Waals surface area contributed by atoms with E-state index in [1.165, 1.54) is 30.0 Å². The highest BCUT2D eigenvalue weighted by molar-refractivity contribution is 5.83. The molecule has 5 aromatic rings. The Morgan fingerprint density at radius 2 is 1.84 bits per heavy atom. The SMILES string of the molecule is CCc1cc(Nc2cc(-c3ccnc(-n4ncc5cc(C(C)(C)C)cc(F)c5c4=O)c3COC(C)=O)cn(C)c2=O)nn1C. The number of nitrogens with one attached hydrogen (secondary N) is 1. The Kier molecular flexibility index (Phi) is 7.94. The lowest BCUT2D eigenvalue weighted by Gasteiger charge is -2.20. The molecule has 0 spiro atoms. The van der Waals surface area contributed by atoms with Gasteiger partial charge in [0.05, 0.1) is 11.6 Å². The Hall–Kier alpha value is -5.13. The van der Waals surface area contributed by atoms with Crippen molar-refractivity contribution in [3.63, 3.8) is 0 Å². The van der Waals surface area contributed by atoms with Crippen molar-refractivity contribution >= 4 is 28.2 Å². The Bertz CT molecular complexity index is 2040. The van der Waals surface area contributed by atoms with Crippen molar-refractivity contribution in [3.8, 4) is 16.9 Å². The predicted molar refractivity (Wildman–Crippen MR) is 166 cm³/mol. The van der Waals surface area contributed by atoms with Gasteiger partial charge in [-0.2, -0.15) is 14.9 Å². The van der Waals surface area contributed by atoms with Gasteiger partial charge >= 0.3 is 5.97 Å². The lowest BCUT2D eigenvalue weighted by molar-refractivity contribution is -0.142. The van der Waals surface area contributed by atoms with Crippen molar-refractivity contribution in [2.75, 3.05) is 5.32 Å². The van der Waals surface area contributed by atoms with E-state index in [4.69, 9.17) is 4.74 Å². The number of halogens is 1. The van der Waals surface area contributed by atoms with E-state index in [9.17, 15) is 14.4 Å². The molecule has 0 aliphatic heterocycles. The summed E-state index contributed by atoms with van der Waals surface area (Å²) in [6.45, 7) is 8.90. The fraction of sp³-hybridized carbons (Fsp3) is 0.312. The van der Waals surface area contributed by atoms with Crippen LogP contribution in [0.5, 0.6) is 0 Å². The molecule has 0 amide bonds. The van der Waals surface area contributed by atoms with Crippen molar-refractivity contribution in [3.05, 3.63) is 92.3 Å². The number of aryl methyl sites for hydroxylation is 3. The lowest BCUT2D eigenvalue weighted by Crippen LogP contribution is -2.25. The first-order valence-electron chi connectivity index (χ1n) is 14.1. The first-order valence-corrected chi connectivity index (χ1v) is 14.1. The van der Waals surface area contributed by atoms with E-state index >= 15 is 4.39 Å². The molecule has 0 aliphatic rings. The quantitative estimate of drug-likeness (QED) is 0.267. The predicted octanol–water partition coefficient (Wildman–Crippen LogP) is 4.69. The van der Waals surface area contributed by atoms with E-state index in [2.05, 4.69) is 20.5 Å². The highest BCUT2D eigenvalue weighted by Gasteiger charge is 2.22. The zero-order valence-electron chi connectivity index (χ0n) is 25.7. The number of hydrogen-bond acceptors (Lipinski definition) is 8. The fourth-order valence-corrected chi connectivity index (χ4v) is 5.05. The molecule has 44 heavy (non-hydrogen) atoms. The van der Waals surface area contributed by atoms with E-state index < -0.39 is 17.3 Å². The third-order valence-corrected chi connectivity index (χ3v) is 7.45. The average Bonchev–Trinajstić information content (AvgIpc) is 3.32. The number of pyridine rings is 2. The van der Waals surface area contributed by atoms with E-state index in [0.717, 1.165) is 22.4 Å². The van der Waals surface area contributed by atoms with Crippen LogP contribution in [0.15, 0.2) is 58.5 Å². The highest BCUT2D eigenvalue weighted by Crippen LogP contribution is 2.30. The zero-order chi connectivity index (χ0) is 31.9. The van der Waals surface area contributed by atoms with Crippen LogP contribution >= 0.6 is 0 Å². The molecule has 1 N–H and O–H groups in total. The van der Waals surface area contributed by atoms with Crippen LogP contribution in [0, 0.1) is 5.82 Å². The van der Waals surface area contributed by atoms with Crippen LogP contribution in [-0.2, 0) is 42.1 Å². The molecule has 0 saturated heterocycles. The van der Waals surface area contributed by atoms with Crippen LogP contribution in [0.1, 0.15) is 51.4 Å². The van der Waals surface area contributed by atoms with Crippen molar-refractivity contribution < 1.29 is 13.9 Å². The van der Waals surface area contributed by atoms with E-state index in [1.54, 1.807) is 36.1 Å². The van der Waals surface area contributed by atoms with Crippen LogP contribution in [0.4, 0.5) is 15.9 Å². The second kappa shape index (κ2) is 11.5. The van der Waals surface area contributed by atoms with Gasteiger partial charge in [-0.3, -0.25) is 19.1 Å². The van der Waals surface area contributed by atoms with Crippen molar-refractivity contribution in [1.29, 1.82) is 0 Å². The first kappa shape index (κ1) is 30.3. The number of rotatable bonds is 7. The van der Waals surface area contributed by atoms with Gasteiger partial charge in [-0.05, 0) is 47.2 Å². The van der Waals surface area contributed by atoms with Crippen LogP contribution in [0.3, 0.4) is 0 Å². The summed E-state index contributed by atoms with van der Waals surface area (Å²) in [5.41, 5.74) is 2.10. The second-order valence-corrected chi connectivity index (χ2v) is 11.7. The van der Waals surface area contributed by atoms with E-state index in [0.29, 0.717) is 27.9 Å². The second-order valence-electron chi connectivity index (χ2n) is 11.7. The molecule has 0 aliphatic carbocycles. The van der Waals surface area contributed by atoms with Gasteiger partial charge in [0.25, 0.3) is 11.1 Å². The number of aromatic nitrogens is 6. The number of ether oxygens (including phenoxy) is 1. The molecular weight excluding hydrogens is 565 g/mol. The first-order chi connectivity index (χ1) is 20.8. The molecule has 228 valence electrons. The number of fused-ring (bicyclic) bond motifs is 1. The molecule has 0 bridgehead atoms. The summed E-state index contributed by atoms with van der Waals surface area (Å²) in [4.78, 5) is 43.1. The van der Waals surface area contributed by atoms with Gasteiger partial charge in [-0.25, -0.2) is 9.37 Å². The van der Waals surface area contributed by atoms with Gasteiger partial charge in [0, 0.05) is 61.7 Å². The van der Waals surface area contributed by atoms with Gasteiger partial charge in [0.1, 0.15) is 18.1 Å². The summed E-state index contributed by atoms with van der Waals surface area (Å²) >= 11 is 0. The molecular formula is C32H34FN7O4. The lowest BCUT2D eigenvalue weighted by atomic mass is 9.86. The number of anilines is 2. The Balaban J connectivity index is 1.69. The largest absolute Gasteiger partial charge is 0.461 e. The Labute approximate surface area is 252 Å². The van der Waals surface area contributed by atoms with Gasteiger partial charge in [0.2, 0.25) is 0 Å². The van der Waals surface area contributed by atoms with Crippen LogP contribution < -0.4 is 16.4 Å². The summed E-state index contributed by atoms with van der Waals surface area (Å²) in [5, 5.41) is 12.1. The molecule has 0 radical (unpaired) electrons. The van der Waals surface area contributed by atoms with Crippen molar-refractivity contribution in [1.82, 2.24) is 29.1 Å². The number of hydrogen-bond donors (Lipinski definition) is 1. The minimum Gasteiger partial charge on any atom is -0.461 e. The maximum atomic E-state index is 15.4. The molecule has 0 unspecified atom stereocenters. The van der Waals surface area contributed by atoms with Crippen molar-refractivity contribution in [2.45, 2.75) is 53.1 Å². The molecule has 0 saturated carbocycles. The number of nitrogens with zero attached hydrogens (tertiary/aromatic N) is 6. The highest BCUT2D eigenvalue weighted by atomic mass is 19.1. The molecule has 12 heteroatoms. The summed E-state index contributed by atoms with van der Waals surface area (Å²) in [5.74, 6) is -0.635. The molecule has 11 nitrogen and oxygen atoms in total. The van der Waals surface area contributed by atoms with Gasteiger partial charge in [0.15, 0.2) is 11.6 Å². The molecule has 4 heterocycles. The Morgan fingerprint density at radius 1 is 1.09 bits per heavy atom. The molecule has 1 aromatic carbocycles. The standard InChI is InChI=1S/C32H34FN7O4/c1-8-22-14-27(37-39(22)7)36-26-12-20(16-38(6)30(26)42)23-9-10-34-29(24(23)17-44-18(2)41)40-31(43)28-19(15-35-40)11-21(13-25(28)33)32(3,4)5/h9-16H,8,17H2,1-7H3,(H,36,37). The van der Waals surface area contributed by atoms with Crippen LogP contribution in [0.2, 0.25) is 0 Å². The number of esters is 1. The zero-order valence-corrected chi connectivity index (χ0v) is 25.7. The van der Waals surface area contributed by atoms with Crippen molar-refractivity contribution in [2.24, 2.45) is 14.1 Å². The summed E-state index contributed by atoms with van der Waals surface area (Å²) < 4.78 is 24.9. The summed E-state index contributed by atoms with van der Waals surface area (Å²) in [7, 11) is 3.45. The molecule has 5 rings (SSSR count). The van der Waals surface area contributed by atoms with Gasteiger partial charge < -0.3 is 14.6 Å². The molecule has 0 fully saturated rings. The molecule has 4 aromatic heterocycles. The maximum absolute atomic E-state index is 15.4. The fourth-order valence-electron chi connectivity index (χ4n) is 5.05. The topological polar surface area (TPSA) is 126 Å². The monoisotopic (exact) mass is 599 g/mol. The minimum absolute atomic E-state index is 0.0654. The number of carbonyl (C=O) groups excluding carboxylic acids is 1. The van der Waals surface area contributed by atoms with E-state index in [-0.39, 0.29) is 34.5 Å². The number of carbonyl (C=O) groups is 1. The average molecular weight is 600 g/mol. The number of benzene rings is 1.